The molecule has 1 aliphatic rings. The molecule has 0 saturated heterocycles. The van der Waals surface area contributed by atoms with Crippen LogP contribution in [-0.2, 0) is 4.79 Å². The molecule has 0 aliphatic carbocycles. The number of hydrogen-bond donors (Lipinski definition) is 1. The number of fused-ring (bicyclic) bond motifs is 4. The topological polar surface area (TPSA) is 95.1 Å². The molecule has 5 aromatic rings. The van der Waals surface area contributed by atoms with E-state index in [2.05, 4.69) is 20.6 Å². The van der Waals surface area contributed by atoms with Crippen molar-refractivity contribution in [2.75, 3.05) is 24.3 Å². The van der Waals surface area contributed by atoms with Gasteiger partial charge in [0.05, 0.1) is 11.4 Å². The first kappa shape index (κ1) is 19.6. The van der Waals surface area contributed by atoms with Crippen LogP contribution in [0, 0.1) is 0 Å². The second-order valence-electron chi connectivity index (χ2n) is 7.40. The highest BCUT2D eigenvalue weighted by molar-refractivity contribution is 7.99. The molecule has 0 unspecified atom stereocenters. The highest BCUT2D eigenvalue weighted by atomic mass is 32.2. The second-order valence-corrected chi connectivity index (χ2v) is 8.34. The van der Waals surface area contributed by atoms with Crippen LogP contribution in [0.1, 0.15) is 0 Å². The SMILES string of the molecule is O=C(CSc1nnc2c3cc(-c4ccccc4)nn3ccn12)Nc1ccc2c(c1)OCCO2. The molecule has 3 aromatic heterocycles. The Hall–Kier alpha value is -4.05. The summed E-state index contributed by atoms with van der Waals surface area (Å²) in [6.45, 7) is 1.03. The summed E-state index contributed by atoms with van der Waals surface area (Å²) in [4.78, 5) is 12.5. The van der Waals surface area contributed by atoms with Gasteiger partial charge in [0.25, 0.3) is 0 Å². The zero-order valence-electron chi connectivity index (χ0n) is 17.3. The fourth-order valence-electron chi connectivity index (χ4n) is 3.69. The van der Waals surface area contributed by atoms with Gasteiger partial charge in [-0.2, -0.15) is 5.10 Å². The summed E-state index contributed by atoms with van der Waals surface area (Å²) in [5, 5.41) is 16.8. The van der Waals surface area contributed by atoms with Gasteiger partial charge in [-0.3, -0.25) is 9.20 Å². The average Bonchev–Trinajstić information content (AvgIpc) is 3.47. The average molecular weight is 459 g/mol. The summed E-state index contributed by atoms with van der Waals surface area (Å²) in [5.41, 5.74) is 4.08. The molecular formula is C23H18N6O3S. The monoisotopic (exact) mass is 458 g/mol. The van der Waals surface area contributed by atoms with Crippen molar-refractivity contribution in [3.63, 3.8) is 0 Å². The van der Waals surface area contributed by atoms with Crippen molar-refractivity contribution >= 4 is 34.5 Å². The summed E-state index contributed by atoms with van der Waals surface area (Å²) in [6.07, 6.45) is 3.71. The third-order valence-corrected chi connectivity index (χ3v) is 6.16. The van der Waals surface area contributed by atoms with Gasteiger partial charge >= 0.3 is 0 Å². The predicted molar refractivity (Wildman–Crippen MR) is 124 cm³/mol. The maximum absolute atomic E-state index is 12.5. The molecule has 10 heteroatoms. The Morgan fingerprint density at radius 3 is 2.73 bits per heavy atom. The number of anilines is 1. The largest absolute Gasteiger partial charge is 0.486 e. The van der Waals surface area contributed by atoms with E-state index in [1.54, 1.807) is 22.7 Å². The lowest BCUT2D eigenvalue weighted by Gasteiger charge is -2.18. The zero-order valence-corrected chi connectivity index (χ0v) is 18.2. The maximum Gasteiger partial charge on any atom is 0.234 e. The number of nitrogens with one attached hydrogen (secondary N) is 1. The Kier molecular flexibility index (Phi) is 4.84. The van der Waals surface area contributed by atoms with E-state index in [1.807, 2.05) is 53.2 Å². The van der Waals surface area contributed by atoms with Crippen LogP contribution in [0.25, 0.3) is 22.4 Å². The Labute approximate surface area is 192 Å². The van der Waals surface area contributed by atoms with E-state index in [-0.39, 0.29) is 11.7 Å². The van der Waals surface area contributed by atoms with Crippen LogP contribution in [0.2, 0.25) is 0 Å². The van der Waals surface area contributed by atoms with Crippen molar-refractivity contribution in [2.45, 2.75) is 5.16 Å². The molecule has 164 valence electrons. The van der Waals surface area contributed by atoms with Gasteiger partial charge in [0.2, 0.25) is 5.91 Å². The van der Waals surface area contributed by atoms with Crippen LogP contribution in [0.15, 0.2) is 72.1 Å². The van der Waals surface area contributed by atoms with Crippen LogP contribution in [-0.4, -0.2) is 49.1 Å². The maximum atomic E-state index is 12.5. The highest BCUT2D eigenvalue weighted by Gasteiger charge is 2.16. The quantitative estimate of drug-likeness (QED) is 0.403. The van der Waals surface area contributed by atoms with Crippen molar-refractivity contribution in [3.8, 4) is 22.8 Å². The minimum atomic E-state index is -0.148. The normalized spacial score (nSPS) is 12.8. The lowest BCUT2D eigenvalue weighted by molar-refractivity contribution is -0.113. The summed E-state index contributed by atoms with van der Waals surface area (Å²) in [7, 11) is 0. The fraction of sp³-hybridized carbons (Fsp3) is 0.130. The van der Waals surface area contributed by atoms with Gasteiger partial charge in [0.15, 0.2) is 22.3 Å². The highest BCUT2D eigenvalue weighted by Crippen LogP contribution is 2.32. The molecule has 0 fully saturated rings. The minimum Gasteiger partial charge on any atom is -0.486 e. The van der Waals surface area contributed by atoms with Crippen molar-refractivity contribution in [2.24, 2.45) is 0 Å². The van der Waals surface area contributed by atoms with E-state index < -0.39 is 0 Å². The Morgan fingerprint density at radius 1 is 1.00 bits per heavy atom. The molecule has 33 heavy (non-hydrogen) atoms. The first-order valence-corrected chi connectivity index (χ1v) is 11.3. The molecule has 4 heterocycles. The van der Waals surface area contributed by atoms with Gasteiger partial charge < -0.3 is 14.8 Å². The van der Waals surface area contributed by atoms with Crippen molar-refractivity contribution in [1.82, 2.24) is 24.2 Å². The third-order valence-electron chi connectivity index (χ3n) is 5.21. The number of rotatable bonds is 5. The second kappa shape index (κ2) is 8.14. The van der Waals surface area contributed by atoms with E-state index in [9.17, 15) is 4.79 Å². The molecule has 0 spiro atoms. The third kappa shape index (κ3) is 3.74. The van der Waals surface area contributed by atoms with E-state index in [0.717, 1.165) is 16.8 Å². The molecule has 0 atom stereocenters. The first-order valence-electron chi connectivity index (χ1n) is 10.4. The number of nitrogens with zero attached hydrogens (tertiary/aromatic N) is 5. The molecule has 0 radical (unpaired) electrons. The molecule has 1 aliphatic heterocycles. The van der Waals surface area contributed by atoms with E-state index in [0.29, 0.717) is 41.2 Å². The van der Waals surface area contributed by atoms with Crippen molar-refractivity contribution in [3.05, 3.63) is 67.0 Å². The molecule has 0 saturated carbocycles. The summed E-state index contributed by atoms with van der Waals surface area (Å²) in [6, 6.07) is 17.3. The zero-order chi connectivity index (χ0) is 22.2. The van der Waals surface area contributed by atoms with Gasteiger partial charge in [-0.1, -0.05) is 42.1 Å². The van der Waals surface area contributed by atoms with Crippen LogP contribution in [0.3, 0.4) is 0 Å². The number of benzene rings is 2. The Balaban J connectivity index is 1.19. The van der Waals surface area contributed by atoms with Gasteiger partial charge in [0, 0.05) is 29.7 Å². The summed E-state index contributed by atoms with van der Waals surface area (Å²) >= 11 is 1.32. The lowest BCUT2D eigenvalue weighted by Crippen LogP contribution is -2.17. The molecule has 2 aromatic carbocycles. The standard InChI is InChI=1S/C23H18N6O3S/c30-21(24-16-6-7-19-20(12-16)32-11-10-31-19)14-33-23-26-25-22-18-13-17(15-4-2-1-3-5-15)27-29(18)9-8-28(22)23/h1-9,12-13H,10-11,14H2,(H,24,30). The fourth-order valence-corrected chi connectivity index (χ4v) is 4.40. The number of aromatic nitrogens is 5. The number of carbonyl (C=O) groups excluding carboxylic acids is 1. The Bertz CT molecular complexity index is 1480. The molecular weight excluding hydrogens is 440 g/mol. The van der Waals surface area contributed by atoms with Crippen LogP contribution < -0.4 is 14.8 Å². The van der Waals surface area contributed by atoms with Gasteiger partial charge in [-0.15, -0.1) is 10.2 Å². The van der Waals surface area contributed by atoms with Crippen LogP contribution in [0.4, 0.5) is 5.69 Å². The van der Waals surface area contributed by atoms with Crippen LogP contribution >= 0.6 is 11.8 Å². The van der Waals surface area contributed by atoms with Crippen molar-refractivity contribution < 1.29 is 14.3 Å². The number of hydrogen-bond acceptors (Lipinski definition) is 7. The summed E-state index contributed by atoms with van der Waals surface area (Å²) in [5.74, 6) is 1.36. The number of thioether (sulfide) groups is 1. The predicted octanol–water partition coefficient (Wildman–Crippen LogP) is 3.55. The molecule has 1 amide bonds. The van der Waals surface area contributed by atoms with Gasteiger partial charge in [0.1, 0.15) is 18.7 Å². The van der Waals surface area contributed by atoms with Gasteiger partial charge in [-0.25, -0.2) is 4.52 Å². The van der Waals surface area contributed by atoms with Crippen LogP contribution in [0.5, 0.6) is 11.5 Å². The molecule has 1 N–H and O–H groups in total. The number of amides is 1. The smallest absolute Gasteiger partial charge is 0.234 e. The molecule has 0 bridgehead atoms. The molecule has 9 nitrogen and oxygen atoms in total. The van der Waals surface area contributed by atoms with Crippen molar-refractivity contribution in [1.29, 1.82) is 0 Å². The first-order chi connectivity index (χ1) is 16.2. The van der Waals surface area contributed by atoms with E-state index in [4.69, 9.17) is 9.47 Å². The van der Waals surface area contributed by atoms with E-state index >= 15 is 0 Å². The Morgan fingerprint density at radius 2 is 1.85 bits per heavy atom. The number of carbonyl (C=O) groups is 1. The lowest BCUT2D eigenvalue weighted by atomic mass is 10.1. The molecule has 6 rings (SSSR count). The summed E-state index contributed by atoms with van der Waals surface area (Å²) < 4.78 is 14.7. The van der Waals surface area contributed by atoms with Gasteiger partial charge in [-0.05, 0) is 18.2 Å². The van der Waals surface area contributed by atoms with E-state index in [1.165, 1.54) is 11.8 Å². The minimum absolute atomic E-state index is 0.148. The number of ether oxygens (including phenoxy) is 2.